The maximum absolute atomic E-state index is 12.7. The first-order valence-electron chi connectivity index (χ1n) is 6.78. The molecule has 1 saturated heterocycles. The van der Waals surface area contributed by atoms with Gasteiger partial charge in [0.2, 0.25) is 0 Å². The van der Waals surface area contributed by atoms with E-state index in [1.807, 2.05) is 6.92 Å². The molecule has 0 bridgehead atoms. The molecule has 7 heteroatoms. The molecule has 0 saturated carbocycles. The molecule has 1 aliphatic heterocycles. The molecule has 3 nitrogen and oxygen atoms in total. The molecule has 1 aromatic heterocycles. The minimum Gasteiger partial charge on any atom is -0.378 e. The van der Waals surface area contributed by atoms with Crippen molar-refractivity contribution in [1.29, 1.82) is 0 Å². The van der Waals surface area contributed by atoms with Gasteiger partial charge in [0.1, 0.15) is 0 Å². The second-order valence-corrected chi connectivity index (χ2v) is 6.28. The smallest absolute Gasteiger partial charge is 0.378 e. The fourth-order valence-electron chi connectivity index (χ4n) is 2.47. The van der Waals surface area contributed by atoms with Gasteiger partial charge < -0.3 is 10.1 Å². The largest absolute Gasteiger partial charge is 0.416 e. The average molecular weight is 316 g/mol. The van der Waals surface area contributed by atoms with Gasteiger partial charge in [0.05, 0.1) is 21.9 Å². The van der Waals surface area contributed by atoms with Crippen molar-refractivity contribution in [3.63, 3.8) is 0 Å². The zero-order valence-electron chi connectivity index (χ0n) is 11.4. The van der Waals surface area contributed by atoms with Crippen LogP contribution < -0.4 is 5.32 Å². The molecule has 1 aliphatic rings. The highest BCUT2D eigenvalue weighted by Gasteiger charge is 2.31. The molecule has 2 aromatic rings. The number of rotatable bonds is 2. The number of thiazole rings is 1. The van der Waals surface area contributed by atoms with Gasteiger partial charge in [-0.05, 0) is 38.0 Å². The fraction of sp³-hybridized carbons (Fsp3) is 0.500. The van der Waals surface area contributed by atoms with E-state index in [9.17, 15) is 13.2 Å². The summed E-state index contributed by atoms with van der Waals surface area (Å²) in [5, 5.41) is 3.97. The topological polar surface area (TPSA) is 34.2 Å². The molecule has 1 N–H and O–H groups in total. The highest BCUT2D eigenvalue weighted by atomic mass is 32.1. The van der Waals surface area contributed by atoms with Crippen molar-refractivity contribution in [1.82, 2.24) is 4.98 Å². The maximum atomic E-state index is 12.7. The van der Waals surface area contributed by atoms with E-state index in [0.717, 1.165) is 29.7 Å². The Morgan fingerprint density at radius 2 is 2.19 bits per heavy atom. The van der Waals surface area contributed by atoms with Gasteiger partial charge in [-0.3, -0.25) is 0 Å². The van der Waals surface area contributed by atoms with E-state index in [-0.39, 0.29) is 12.1 Å². The Morgan fingerprint density at radius 3 is 2.90 bits per heavy atom. The van der Waals surface area contributed by atoms with Crippen LogP contribution in [-0.2, 0) is 10.9 Å². The molecule has 1 fully saturated rings. The quantitative estimate of drug-likeness (QED) is 0.897. The van der Waals surface area contributed by atoms with Crippen LogP contribution in [0.1, 0.15) is 25.3 Å². The Bertz CT molecular complexity index is 641. The first-order chi connectivity index (χ1) is 9.91. The number of benzene rings is 1. The first-order valence-corrected chi connectivity index (χ1v) is 7.59. The fourth-order valence-corrected chi connectivity index (χ4v) is 3.39. The lowest BCUT2D eigenvalue weighted by molar-refractivity contribution is -0.137. The van der Waals surface area contributed by atoms with Crippen LogP contribution in [0.2, 0.25) is 0 Å². The second kappa shape index (κ2) is 5.46. The molecule has 1 aromatic carbocycles. The lowest BCUT2D eigenvalue weighted by Gasteiger charge is -2.27. The molecule has 0 amide bonds. The molecule has 2 heterocycles. The van der Waals surface area contributed by atoms with Crippen LogP contribution in [0.4, 0.5) is 18.3 Å². The van der Waals surface area contributed by atoms with Crippen molar-refractivity contribution >= 4 is 26.7 Å². The Hall–Kier alpha value is -1.34. The number of aromatic nitrogens is 1. The summed E-state index contributed by atoms with van der Waals surface area (Å²) in [4.78, 5) is 4.27. The molecule has 114 valence electrons. The third kappa shape index (κ3) is 3.29. The van der Waals surface area contributed by atoms with Crippen molar-refractivity contribution in [2.75, 3.05) is 11.9 Å². The molecule has 0 spiro atoms. The Balaban J connectivity index is 1.81. The van der Waals surface area contributed by atoms with E-state index >= 15 is 0 Å². The minimum atomic E-state index is -4.33. The lowest BCUT2D eigenvalue weighted by Crippen LogP contribution is -2.32. The van der Waals surface area contributed by atoms with Gasteiger partial charge in [0, 0.05) is 12.6 Å². The number of fused-ring (bicyclic) bond motifs is 1. The number of halogens is 3. The highest BCUT2D eigenvalue weighted by molar-refractivity contribution is 7.22. The van der Waals surface area contributed by atoms with Crippen LogP contribution in [0.15, 0.2) is 18.2 Å². The van der Waals surface area contributed by atoms with Gasteiger partial charge in [-0.25, -0.2) is 4.98 Å². The predicted molar refractivity (Wildman–Crippen MR) is 76.7 cm³/mol. The van der Waals surface area contributed by atoms with E-state index in [1.54, 1.807) is 0 Å². The summed E-state index contributed by atoms with van der Waals surface area (Å²) in [6, 6.07) is 3.94. The van der Waals surface area contributed by atoms with Crippen LogP contribution in [0.5, 0.6) is 0 Å². The van der Waals surface area contributed by atoms with E-state index in [4.69, 9.17) is 4.74 Å². The van der Waals surface area contributed by atoms with Crippen molar-refractivity contribution in [2.45, 2.75) is 38.1 Å². The third-order valence-electron chi connectivity index (χ3n) is 3.53. The lowest BCUT2D eigenvalue weighted by atomic mass is 10.1. The first kappa shape index (κ1) is 14.6. The standard InChI is InChI=1S/C14H15F3N2OS/c1-8-6-10(4-5-20-8)18-13-19-11-7-9(14(15,16)17)2-3-12(11)21-13/h2-3,7-8,10H,4-6H2,1H3,(H,18,19). The Labute approximate surface area is 124 Å². The van der Waals surface area contributed by atoms with Gasteiger partial charge >= 0.3 is 6.18 Å². The van der Waals surface area contributed by atoms with Crippen LogP contribution >= 0.6 is 11.3 Å². The number of nitrogens with zero attached hydrogens (tertiary/aromatic N) is 1. The average Bonchev–Trinajstić information content (AvgIpc) is 2.78. The third-order valence-corrected chi connectivity index (χ3v) is 4.50. The van der Waals surface area contributed by atoms with Crippen LogP contribution in [0, 0.1) is 0 Å². The molecular formula is C14H15F3N2OS. The van der Waals surface area contributed by atoms with Crippen LogP contribution in [0.3, 0.4) is 0 Å². The molecule has 21 heavy (non-hydrogen) atoms. The number of alkyl halides is 3. The van der Waals surface area contributed by atoms with Crippen molar-refractivity contribution < 1.29 is 17.9 Å². The number of ether oxygens (including phenoxy) is 1. The maximum Gasteiger partial charge on any atom is 0.416 e. The molecule has 2 atom stereocenters. The number of hydrogen-bond donors (Lipinski definition) is 1. The van der Waals surface area contributed by atoms with E-state index in [2.05, 4.69) is 10.3 Å². The van der Waals surface area contributed by atoms with Gasteiger partial charge in [-0.15, -0.1) is 0 Å². The summed E-state index contributed by atoms with van der Waals surface area (Å²) < 4.78 is 44.3. The normalized spacial score (nSPS) is 23.4. The minimum absolute atomic E-state index is 0.197. The number of hydrogen-bond acceptors (Lipinski definition) is 4. The molecule has 0 aliphatic carbocycles. The van der Waals surface area contributed by atoms with E-state index in [0.29, 0.717) is 17.3 Å². The van der Waals surface area contributed by atoms with Crippen molar-refractivity contribution in [2.24, 2.45) is 0 Å². The summed E-state index contributed by atoms with van der Waals surface area (Å²) in [5.74, 6) is 0. The summed E-state index contributed by atoms with van der Waals surface area (Å²) in [5.41, 5.74) is -0.274. The van der Waals surface area contributed by atoms with Gasteiger partial charge in [0.25, 0.3) is 0 Å². The van der Waals surface area contributed by atoms with Gasteiger partial charge in [-0.2, -0.15) is 13.2 Å². The monoisotopic (exact) mass is 316 g/mol. The summed E-state index contributed by atoms with van der Waals surface area (Å²) in [6.45, 7) is 2.71. The summed E-state index contributed by atoms with van der Waals surface area (Å²) in [7, 11) is 0. The highest BCUT2D eigenvalue weighted by Crippen LogP contribution is 2.34. The van der Waals surface area contributed by atoms with E-state index < -0.39 is 11.7 Å². The molecule has 0 radical (unpaired) electrons. The van der Waals surface area contributed by atoms with Gasteiger partial charge in [0.15, 0.2) is 5.13 Å². The van der Waals surface area contributed by atoms with Crippen LogP contribution in [-0.4, -0.2) is 23.7 Å². The second-order valence-electron chi connectivity index (χ2n) is 5.25. The summed E-state index contributed by atoms with van der Waals surface area (Å²) in [6.07, 6.45) is -2.37. The Kier molecular flexibility index (Phi) is 3.79. The zero-order chi connectivity index (χ0) is 15.0. The SMILES string of the molecule is CC1CC(Nc2nc3cc(C(F)(F)F)ccc3s2)CCO1. The number of anilines is 1. The molecule has 2 unspecified atom stereocenters. The number of nitrogens with one attached hydrogen (secondary N) is 1. The summed E-state index contributed by atoms with van der Waals surface area (Å²) >= 11 is 1.38. The van der Waals surface area contributed by atoms with Crippen molar-refractivity contribution in [3.8, 4) is 0 Å². The van der Waals surface area contributed by atoms with Gasteiger partial charge in [-0.1, -0.05) is 11.3 Å². The predicted octanol–water partition coefficient (Wildman–Crippen LogP) is 4.29. The molecular weight excluding hydrogens is 301 g/mol. The molecule has 3 rings (SSSR count). The van der Waals surface area contributed by atoms with E-state index in [1.165, 1.54) is 17.4 Å². The van der Waals surface area contributed by atoms with Crippen molar-refractivity contribution in [3.05, 3.63) is 23.8 Å². The zero-order valence-corrected chi connectivity index (χ0v) is 12.2. The van der Waals surface area contributed by atoms with Crippen LogP contribution in [0.25, 0.3) is 10.2 Å². The Morgan fingerprint density at radius 1 is 1.38 bits per heavy atom.